The third-order valence-electron chi connectivity index (χ3n) is 7.24. The van der Waals surface area contributed by atoms with Crippen molar-refractivity contribution in [1.82, 2.24) is 14.8 Å². The first-order valence-corrected chi connectivity index (χ1v) is 10.9. The standard InChI is InChI=1S/C23H30F3N3O/c1-5-15(6-2)27-22(30)14-10-18-16-8-7-9-19-21(16)17(11-20(18)28(4)12-14)13(3)29(19)23(24,25)26/h7-9,14-15,18,20H,5-6,10-12H2,1-4H3,(H,27,30)/t14-,18?,20-/m1/s1. The van der Waals surface area contributed by atoms with E-state index in [-0.39, 0.29) is 41.0 Å². The second kappa shape index (κ2) is 7.59. The number of likely N-dealkylation sites (tertiary alicyclic amines) is 1. The van der Waals surface area contributed by atoms with Gasteiger partial charge in [0.2, 0.25) is 5.91 Å². The Hall–Kier alpha value is -2.02. The molecule has 0 spiro atoms. The van der Waals surface area contributed by atoms with Gasteiger partial charge in [0.25, 0.3) is 0 Å². The van der Waals surface area contributed by atoms with Gasteiger partial charge in [-0.1, -0.05) is 26.0 Å². The summed E-state index contributed by atoms with van der Waals surface area (Å²) in [5.41, 5.74) is 2.27. The van der Waals surface area contributed by atoms with Crippen molar-refractivity contribution < 1.29 is 18.0 Å². The number of alkyl halides is 3. The summed E-state index contributed by atoms with van der Waals surface area (Å²) < 4.78 is 41.9. The number of nitrogens with zero attached hydrogens (tertiary/aromatic N) is 2. The maximum absolute atomic E-state index is 13.8. The van der Waals surface area contributed by atoms with Crippen molar-refractivity contribution in [3.8, 4) is 0 Å². The molecule has 0 bridgehead atoms. The van der Waals surface area contributed by atoms with Crippen LogP contribution in [0.2, 0.25) is 0 Å². The topological polar surface area (TPSA) is 37.3 Å². The quantitative estimate of drug-likeness (QED) is 0.778. The number of amides is 1. The summed E-state index contributed by atoms with van der Waals surface area (Å²) >= 11 is 0. The molecule has 1 fully saturated rings. The summed E-state index contributed by atoms with van der Waals surface area (Å²) in [6, 6.07) is 5.53. The Bertz CT molecular complexity index is 961. The minimum atomic E-state index is -4.45. The molecule has 1 aliphatic carbocycles. The monoisotopic (exact) mass is 421 g/mol. The van der Waals surface area contributed by atoms with Gasteiger partial charge in [0, 0.05) is 35.6 Å². The maximum atomic E-state index is 13.8. The van der Waals surface area contributed by atoms with Crippen LogP contribution in [0.4, 0.5) is 13.2 Å². The number of aromatic nitrogens is 1. The molecule has 1 amide bonds. The largest absolute Gasteiger partial charge is 0.489 e. The number of halogens is 3. The fourth-order valence-corrected chi connectivity index (χ4v) is 5.63. The molecular weight excluding hydrogens is 391 g/mol. The average molecular weight is 422 g/mol. The van der Waals surface area contributed by atoms with Gasteiger partial charge in [-0.3, -0.25) is 9.36 Å². The van der Waals surface area contributed by atoms with Gasteiger partial charge < -0.3 is 10.2 Å². The zero-order chi connectivity index (χ0) is 21.8. The Labute approximate surface area is 175 Å². The molecular formula is C23H30F3N3O. The Morgan fingerprint density at radius 2 is 1.97 bits per heavy atom. The molecule has 1 saturated heterocycles. The number of fused-ring (bicyclic) bond motifs is 2. The lowest BCUT2D eigenvalue weighted by Gasteiger charge is -2.45. The first-order valence-electron chi connectivity index (χ1n) is 10.9. The number of benzene rings is 1. The van der Waals surface area contributed by atoms with Crippen LogP contribution in [0.25, 0.3) is 10.9 Å². The lowest BCUT2D eigenvalue weighted by molar-refractivity contribution is -0.201. The molecule has 1 N–H and O–H groups in total. The van der Waals surface area contributed by atoms with E-state index in [9.17, 15) is 18.0 Å². The second-order valence-electron chi connectivity index (χ2n) is 8.88. The van der Waals surface area contributed by atoms with E-state index in [1.807, 2.05) is 13.1 Å². The number of likely N-dealkylation sites (N-methyl/N-ethyl adjacent to an activating group) is 1. The van der Waals surface area contributed by atoms with Crippen LogP contribution in [-0.4, -0.2) is 41.1 Å². The van der Waals surface area contributed by atoms with Crippen LogP contribution in [0.15, 0.2) is 18.2 Å². The molecule has 2 aliphatic rings. The predicted molar refractivity (Wildman–Crippen MR) is 111 cm³/mol. The van der Waals surface area contributed by atoms with Gasteiger partial charge in [-0.2, -0.15) is 0 Å². The van der Waals surface area contributed by atoms with Gasteiger partial charge in [-0.05, 0) is 56.8 Å². The molecule has 30 heavy (non-hydrogen) atoms. The molecule has 0 radical (unpaired) electrons. The van der Waals surface area contributed by atoms with Crippen molar-refractivity contribution in [2.45, 2.75) is 70.8 Å². The van der Waals surface area contributed by atoms with E-state index in [0.717, 1.165) is 29.4 Å². The highest BCUT2D eigenvalue weighted by Crippen LogP contribution is 2.47. The van der Waals surface area contributed by atoms with Crippen LogP contribution >= 0.6 is 0 Å². The summed E-state index contributed by atoms with van der Waals surface area (Å²) in [6.07, 6.45) is -1.40. The van der Waals surface area contributed by atoms with Gasteiger partial charge >= 0.3 is 6.30 Å². The van der Waals surface area contributed by atoms with Gasteiger partial charge in [-0.25, -0.2) is 0 Å². The third-order valence-corrected chi connectivity index (χ3v) is 7.24. The van der Waals surface area contributed by atoms with Gasteiger partial charge in [0.1, 0.15) is 0 Å². The third kappa shape index (κ3) is 3.31. The molecule has 4 nitrogen and oxygen atoms in total. The van der Waals surface area contributed by atoms with Crippen LogP contribution in [-0.2, 0) is 17.5 Å². The first kappa shape index (κ1) is 21.2. The highest BCUT2D eigenvalue weighted by molar-refractivity contribution is 5.91. The van der Waals surface area contributed by atoms with Crippen molar-refractivity contribution in [3.05, 3.63) is 35.0 Å². The van der Waals surface area contributed by atoms with Crippen molar-refractivity contribution in [3.63, 3.8) is 0 Å². The fourth-order valence-electron chi connectivity index (χ4n) is 5.63. The molecule has 1 aromatic heterocycles. The average Bonchev–Trinajstić information content (AvgIpc) is 2.99. The molecule has 2 heterocycles. The molecule has 7 heteroatoms. The molecule has 1 aromatic carbocycles. The summed E-state index contributed by atoms with van der Waals surface area (Å²) in [5.74, 6) is -0.0312. The van der Waals surface area contributed by atoms with E-state index in [0.29, 0.717) is 24.0 Å². The van der Waals surface area contributed by atoms with Crippen LogP contribution in [0, 0.1) is 12.8 Å². The van der Waals surface area contributed by atoms with Crippen LogP contribution in [0.3, 0.4) is 0 Å². The number of rotatable bonds is 4. The van der Waals surface area contributed by atoms with Crippen molar-refractivity contribution in [2.24, 2.45) is 5.92 Å². The number of carbonyl (C=O) groups is 1. The minimum Gasteiger partial charge on any atom is -0.353 e. The molecule has 164 valence electrons. The highest BCUT2D eigenvalue weighted by Gasteiger charge is 2.44. The lowest BCUT2D eigenvalue weighted by atomic mass is 9.72. The fraction of sp³-hybridized carbons (Fsp3) is 0.609. The molecule has 4 rings (SSSR count). The number of piperidine rings is 1. The number of hydrogen-bond acceptors (Lipinski definition) is 2. The zero-order valence-electron chi connectivity index (χ0n) is 18.0. The maximum Gasteiger partial charge on any atom is 0.489 e. The molecule has 1 aliphatic heterocycles. The molecule has 0 saturated carbocycles. The zero-order valence-corrected chi connectivity index (χ0v) is 18.0. The first-order chi connectivity index (χ1) is 14.2. The Morgan fingerprint density at radius 3 is 2.60 bits per heavy atom. The smallest absolute Gasteiger partial charge is 0.353 e. The van der Waals surface area contributed by atoms with Crippen LogP contribution in [0.5, 0.6) is 0 Å². The van der Waals surface area contributed by atoms with Gasteiger partial charge in [-0.15, -0.1) is 13.2 Å². The van der Waals surface area contributed by atoms with Crippen LogP contribution in [0.1, 0.15) is 55.8 Å². The van der Waals surface area contributed by atoms with Crippen molar-refractivity contribution in [2.75, 3.05) is 13.6 Å². The molecule has 3 atom stereocenters. The lowest BCUT2D eigenvalue weighted by Crippen LogP contribution is -2.52. The van der Waals surface area contributed by atoms with Gasteiger partial charge in [0.05, 0.1) is 11.4 Å². The Morgan fingerprint density at radius 1 is 1.27 bits per heavy atom. The van der Waals surface area contributed by atoms with E-state index in [4.69, 9.17) is 0 Å². The van der Waals surface area contributed by atoms with Crippen LogP contribution < -0.4 is 5.32 Å². The SMILES string of the molecule is CCC(CC)NC(=O)[C@@H]1CC2c3cccc4c3c(c(C)n4C(F)(F)F)C[C@H]2N(C)C1. The van der Waals surface area contributed by atoms with Gasteiger partial charge in [0.15, 0.2) is 0 Å². The van der Waals surface area contributed by atoms with E-state index in [1.54, 1.807) is 19.1 Å². The Kier molecular flexibility index (Phi) is 5.37. The number of nitrogens with one attached hydrogen (secondary N) is 1. The molecule has 1 unspecified atom stereocenters. The Balaban J connectivity index is 1.73. The van der Waals surface area contributed by atoms with E-state index in [1.165, 1.54) is 0 Å². The van der Waals surface area contributed by atoms with E-state index < -0.39 is 6.30 Å². The minimum absolute atomic E-state index is 0.0564. The second-order valence-corrected chi connectivity index (χ2v) is 8.88. The summed E-state index contributed by atoms with van der Waals surface area (Å²) in [6.45, 7) is 6.34. The van der Waals surface area contributed by atoms with Crippen molar-refractivity contribution >= 4 is 16.8 Å². The number of hydrogen-bond donors (Lipinski definition) is 1. The summed E-state index contributed by atoms with van der Waals surface area (Å²) in [5, 5.41) is 3.90. The van der Waals surface area contributed by atoms with E-state index >= 15 is 0 Å². The van der Waals surface area contributed by atoms with Crippen molar-refractivity contribution in [1.29, 1.82) is 0 Å². The predicted octanol–water partition coefficient (Wildman–Crippen LogP) is 4.69. The molecule has 2 aromatic rings. The summed E-state index contributed by atoms with van der Waals surface area (Å²) in [4.78, 5) is 15.1. The summed E-state index contributed by atoms with van der Waals surface area (Å²) in [7, 11) is 2.00. The number of carbonyl (C=O) groups excluding carboxylic acids is 1. The normalized spacial score (nSPS) is 24.3. The highest BCUT2D eigenvalue weighted by atomic mass is 19.4. The van der Waals surface area contributed by atoms with E-state index in [2.05, 4.69) is 24.1 Å².